The molecule has 0 radical (unpaired) electrons. The Morgan fingerprint density at radius 2 is 1.92 bits per heavy atom. The molecule has 1 aliphatic rings. The van der Waals surface area contributed by atoms with E-state index >= 15 is 0 Å². The molecule has 0 unspecified atom stereocenters. The lowest BCUT2D eigenvalue weighted by atomic mass is 10.2. The minimum atomic E-state index is -1.04. The largest absolute Gasteiger partial charge is 0.492 e. The van der Waals surface area contributed by atoms with Gasteiger partial charge in [-0.05, 0) is 50.2 Å². The fourth-order valence-electron chi connectivity index (χ4n) is 3.09. The SMILES string of the molecule is C[Si](C)(C)CCOCn1ncc2cc(OCCN3CCCC3)ccc21. The number of fused-ring (bicyclic) bond motifs is 1. The highest BCUT2D eigenvalue weighted by atomic mass is 28.3. The van der Waals surface area contributed by atoms with Gasteiger partial charge in [0.05, 0.1) is 11.7 Å². The summed E-state index contributed by atoms with van der Waals surface area (Å²) >= 11 is 0. The molecule has 2 heterocycles. The number of likely N-dealkylation sites (tertiary alicyclic amines) is 1. The molecule has 5 nitrogen and oxygen atoms in total. The molecule has 1 aliphatic heterocycles. The van der Waals surface area contributed by atoms with Crippen molar-refractivity contribution in [1.29, 1.82) is 0 Å². The number of nitrogens with zero attached hydrogens (tertiary/aromatic N) is 3. The summed E-state index contributed by atoms with van der Waals surface area (Å²) in [5, 5.41) is 5.56. The predicted molar refractivity (Wildman–Crippen MR) is 105 cm³/mol. The summed E-state index contributed by atoms with van der Waals surface area (Å²) in [6, 6.07) is 7.37. The molecule has 1 aromatic heterocycles. The third-order valence-corrected chi connectivity index (χ3v) is 6.40. The van der Waals surface area contributed by atoms with Gasteiger partial charge in [0, 0.05) is 26.6 Å². The number of aromatic nitrogens is 2. The van der Waals surface area contributed by atoms with E-state index in [-0.39, 0.29) is 0 Å². The van der Waals surface area contributed by atoms with E-state index in [4.69, 9.17) is 9.47 Å². The highest BCUT2D eigenvalue weighted by Gasteiger charge is 2.13. The molecule has 1 aromatic carbocycles. The summed E-state index contributed by atoms with van der Waals surface area (Å²) in [5.41, 5.74) is 1.10. The lowest BCUT2D eigenvalue weighted by Gasteiger charge is -2.15. The minimum Gasteiger partial charge on any atom is -0.492 e. The zero-order chi connectivity index (χ0) is 17.7. The van der Waals surface area contributed by atoms with Crippen LogP contribution in [0.25, 0.3) is 10.9 Å². The van der Waals surface area contributed by atoms with E-state index in [1.54, 1.807) is 0 Å². The lowest BCUT2D eigenvalue weighted by molar-refractivity contribution is 0.0817. The van der Waals surface area contributed by atoms with Crippen molar-refractivity contribution in [2.75, 3.05) is 32.8 Å². The smallest absolute Gasteiger partial charge is 0.139 e. The van der Waals surface area contributed by atoms with Crippen LogP contribution in [0.1, 0.15) is 12.8 Å². The van der Waals surface area contributed by atoms with Crippen molar-refractivity contribution in [2.45, 2.75) is 45.3 Å². The second kappa shape index (κ2) is 8.34. The number of rotatable bonds is 9. The van der Waals surface area contributed by atoms with Crippen LogP contribution in [-0.4, -0.2) is 55.6 Å². The Labute approximate surface area is 151 Å². The van der Waals surface area contributed by atoms with Gasteiger partial charge >= 0.3 is 0 Å². The van der Waals surface area contributed by atoms with Crippen molar-refractivity contribution in [3.05, 3.63) is 24.4 Å². The maximum atomic E-state index is 5.92. The number of hydrogen-bond donors (Lipinski definition) is 0. The average molecular weight is 362 g/mol. The van der Waals surface area contributed by atoms with E-state index in [2.05, 4.69) is 41.8 Å². The Hall–Kier alpha value is -1.37. The van der Waals surface area contributed by atoms with E-state index in [0.717, 1.165) is 36.4 Å². The monoisotopic (exact) mass is 361 g/mol. The summed E-state index contributed by atoms with van der Waals surface area (Å²) < 4.78 is 13.7. The number of benzene rings is 1. The van der Waals surface area contributed by atoms with Crippen LogP contribution in [-0.2, 0) is 11.5 Å². The molecule has 1 saturated heterocycles. The lowest BCUT2D eigenvalue weighted by Crippen LogP contribution is -2.25. The van der Waals surface area contributed by atoms with Gasteiger partial charge in [-0.15, -0.1) is 0 Å². The van der Waals surface area contributed by atoms with Gasteiger partial charge < -0.3 is 9.47 Å². The summed E-state index contributed by atoms with van der Waals surface area (Å²) in [7, 11) is -1.04. The molecule has 0 aliphatic carbocycles. The van der Waals surface area contributed by atoms with Crippen molar-refractivity contribution in [2.24, 2.45) is 0 Å². The molecule has 0 saturated carbocycles. The van der Waals surface area contributed by atoms with E-state index in [1.165, 1.54) is 32.0 Å². The fourth-order valence-corrected chi connectivity index (χ4v) is 3.84. The second-order valence-electron chi connectivity index (χ2n) is 8.11. The Morgan fingerprint density at radius 1 is 1.12 bits per heavy atom. The van der Waals surface area contributed by atoms with E-state index < -0.39 is 8.07 Å². The maximum Gasteiger partial charge on any atom is 0.139 e. The first kappa shape index (κ1) is 18.4. The van der Waals surface area contributed by atoms with Gasteiger partial charge in [0.25, 0.3) is 0 Å². The summed E-state index contributed by atoms with van der Waals surface area (Å²) in [6.45, 7) is 12.6. The Balaban J connectivity index is 1.50. The number of hydrogen-bond acceptors (Lipinski definition) is 4. The molecule has 138 valence electrons. The van der Waals surface area contributed by atoms with Gasteiger partial charge in [-0.3, -0.25) is 4.90 Å². The Morgan fingerprint density at radius 3 is 2.68 bits per heavy atom. The quantitative estimate of drug-likeness (QED) is 0.503. The van der Waals surface area contributed by atoms with Crippen LogP contribution < -0.4 is 4.74 Å². The summed E-state index contributed by atoms with van der Waals surface area (Å²) in [4.78, 5) is 2.47. The third-order valence-electron chi connectivity index (χ3n) is 4.70. The van der Waals surface area contributed by atoms with Crippen LogP contribution >= 0.6 is 0 Å². The van der Waals surface area contributed by atoms with Crippen LogP contribution in [0, 0.1) is 0 Å². The first-order valence-corrected chi connectivity index (χ1v) is 13.1. The zero-order valence-electron chi connectivity index (χ0n) is 15.8. The van der Waals surface area contributed by atoms with Gasteiger partial charge in [0.1, 0.15) is 19.1 Å². The molecule has 0 N–H and O–H groups in total. The van der Waals surface area contributed by atoms with Gasteiger partial charge in [-0.25, -0.2) is 4.68 Å². The maximum absolute atomic E-state index is 5.92. The van der Waals surface area contributed by atoms with E-state index in [0.29, 0.717) is 6.73 Å². The van der Waals surface area contributed by atoms with Crippen molar-refractivity contribution >= 4 is 19.0 Å². The van der Waals surface area contributed by atoms with Gasteiger partial charge in [0.15, 0.2) is 0 Å². The van der Waals surface area contributed by atoms with Crippen LogP contribution in [0.5, 0.6) is 5.75 Å². The molecule has 25 heavy (non-hydrogen) atoms. The molecular formula is C19H31N3O2Si. The second-order valence-corrected chi connectivity index (χ2v) is 13.7. The first-order chi connectivity index (χ1) is 12.0. The molecule has 1 fully saturated rings. The zero-order valence-corrected chi connectivity index (χ0v) is 16.8. The fraction of sp³-hybridized carbons (Fsp3) is 0.632. The minimum absolute atomic E-state index is 0.517. The molecule has 6 heteroatoms. The Kier molecular flexibility index (Phi) is 6.14. The van der Waals surface area contributed by atoms with E-state index in [1.807, 2.05) is 16.9 Å². The molecule has 0 amide bonds. The van der Waals surface area contributed by atoms with Crippen molar-refractivity contribution < 1.29 is 9.47 Å². The number of ether oxygens (including phenoxy) is 2. The molecule has 0 spiro atoms. The van der Waals surface area contributed by atoms with Crippen molar-refractivity contribution in [3.63, 3.8) is 0 Å². The van der Waals surface area contributed by atoms with Gasteiger partial charge in [-0.2, -0.15) is 5.10 Å². The Bertz CT molecular complexity index is 675. The predicted octanol–water partition coefficient (Wildman–Crippen LogP) is 3.82. The van der Waals surface area contributed by atoms with Crippen molar-refractivity contribution in [3.8, 4) is 5.75 Å². The highest BCUT2D eigenvalue weighted by Crippen LogP contribution is 2.21. The molecular weight excluding hydrogens is 330 g/mol. The van der Waals surface area contributed by atoms with Gasteiger partial charge in [-0.1, -0.05) is 19.6 Å². The van der Waals surface area contributed by atoms with Crippen LogP contribution in [0.4, 0.5) is 0 Å². The normalized spacial score (nSPS) is 16.0. The average Bonchev–Trinajstić information content (AvgIpc) is 3.20. The topological polar surface area (TPSA) is 39.5 Å². The summed E-state index contributed by atoms with van der Waals surface area (Å²) in [6.07, 6.45) is 4.54. The third kappa shape index (κ3) is 5.56. The van der Waals surface area contributed by atoms with Crippen LogP contribution in [0.3, 0.4) is 0 Å². The summed E-state index contributed by atoms with van der Waals surface area (Å²) in [5.74, 6) is 0.922. The van der Waals surface area contributed by atoms with Gasteiger partial charge in [0.2, 0.25) is 0 Å². The molecule has 2 aromatic rings. The van der Waals surface area contributed by atoms with Crippen LogP contribution in [0.2, 0.25) is 25.7 Å². The molecule has 3 rings (SSSR count). The highest BCUT2D eigenvalue weighted by molar-refractivity contribution is 6.76. The first-order valence-electron chi connectivity index (χ1n) is 9.40. The van der Waals surface area contributed by atoms with Crippen molar-refractivity contribution in [1.82, 2.24) is 14.7 Å². The molecule has 0 atom stereocenters. The van der Waals surface area contributed by atoms with E-state index in [9.17, 15) is 0 Å². The molecule has 0 bridgehead atoms. The standard InChI is InChI=1S/C19H31N3O2Si/c1-25(2,3)13-12-23-16-22-19-7-6-18(14-17(19)15-20-22)24-11-10-21-8-4-5-9-21/h6-7,14-15H,4-5,8-13,16H2,1-3H3. The van der Waals surface area contributed by atoms with Crippen LogP contribution in [0.15, 0.2) is 24.4 Å².